The molecule has 0 saturated carbocycles. The van der Waals surface area contributed by atoms with Crippen LogP contribution in [0.5, 0.6) is 5.88 Å². The Hall–Kier alpha value is -4.08. The molecule has 0 aliphatic carbocycles. The first-order chi connectivity index (χ1) is 13.9. The summed E-state index contributed by atoms with van der Waals surface area (Å²) in [6.07, 6.45) is 1.13. The van der Waals surface area contributed by atoms with E-state index in [4.69, 9.17) is 5.11 Å². The number of aromatic hydroxyl groups is 1. The lowest BCUT2D eigenvalue weighted by molar-refractivity contribution is -0.136. The van der Waals surface area contributed by atoms with Gasteiger partial charge in [-0.1, -0.05) is 6.07 Å². The molecule has 29 heavy (non-hydrogen) atoms. The van der Waals surface area contributed by atoms with E-state index in [2.05, 4.69) is 25.5 Å². The number of hydrogen-bond acceptors (Lipinski definition) is 6. The van der Waals surface area contributed by atoms with E-state index in [1.54, 1.807) is 0 Å². The van der Waals surface area contributed by atoms with Crippen molar-refractivity contribution in [3.05, 3.63) is 59.9 Å². The Morgan fingerprint density at radius 2 is 1.90 bits per heavy atom. The molecule has 3 aromatic heterocycles. The summed E-state index contributed by atoms with van der Waals surface area (Å²) >= 11 is 0. The highest BCUT2D eigenvalue weighted by molar-refractivity contribution is 5.99. The molecule has 1 aromatic carbocycles. The summed E-state index contributed by atoms with van der Waals surface area (Å²) in [7, 11) is 0. The van der Waals surface area contributed by atoms with Crippen LogP contribution in [0.1, 0.15) is 5.69 Å². The van der Waals surface area contributed by atoms with Gasteiger partial charge in [-0.15, -0.1) is 5.10 Å². The third kappa shape index (κ3) is 3.55. The third-order valence-electron chi connectivity index (χ3n) is 4.16. The van der Waals surface area contributed by atoms with Gasteiger partial charge in [-0.2, -0.15) is 5.10 Å². The van der Waals surface area contributed by atoms with E-state index in [0.717, 1.165) is 12.1 Å². The van der Waals surface area contributed by atoms with E-state index in [9.17, 15) is 18.7 Å². The summed E-state index contributed by atoms with van der Waals surface area (Å²) in [5.74, 6) is -2.54. The van der Waals surface area contributed by atoms with E-state index in [0.29, 0.717) is 5.39 Å². The number of pyridine rings is 1. The Bertz CT molecular complexity index is 1200. The molecule has 4 rings (SSSR count). The number of carboxylic acid groups (broad SMARTS) is 1. The number of hydrogen-bond donors (Lipinski definition) is 4. The van der Waals surface area contributed by atoms with E-state index in [1.807, 2.05) is 0 Å². The van der Waals surface area contributed by atoms with Gasteiger partial charge in [-0.3, -0.25) is 4.79 Å². The van der Waals surface area contributed by atoms with Crippen LogP contribution < -0.4 is 5.32 Å². The van der Waals surface area contributed by atoms with Crippen molar-refractivity contribution >= 4 is 28.4 Å². The van der Waals surface area contributed by atoms with Gasteiger partial charge < -0.3 is 20.5 Å². The van der Waals surface area contributed by atoms with Crippen molar-refractivity contribution in [3.63, 3.8) is 0 Å². The smallest absolute Gasteiger partial charge is 0.309 e. The van der Waals surface area contributed by atoms with Crippen LogP contribution in [-0.4, -0.2) is 36.3 Å². The summed E-state index contributed by atoms with van der Waals surface area (Å²) in [5.41, 5.74) is 0.542. The van der Waals surface area contributed by atoms with Crippen LogP contribution in [0.15, 0.2) is 42.6 Å². The van der Waals surface area contributed by atoms with Gasteiger partial charge in [0.15, 0.2) is 11.7 Å². The Kier molecular flexibility index (Phi) is 4.51. The molecule has 0 atom stereocenters. The number of anilines is 2. The second-order valence-corrected chi connectivity index (χ2v) is 6.15. The summed E-state index contributed by atoms with van der Waals surface area (Å²) in [6.45, 7) is 0. The first kappa shape index (κ1) is 18.3. The molecule has 10 heteroatoms. The predicted molar refractivity (Wildman–Crippen MR) is 99.8 cm³/mol. The number of carbonyl (C=O) groups is 1. The molecule has 0 bridgehead atoms. The molecule has 0 unspecified atom stereocenters. The Morgan fingerprint density at radius 1 is 1.14 bits per heavy atom. The van der Waals surface area contributed by atoms with Crippen LogP contribution in [0.4, 0.5) is 20.3 Å². The van der Waals surface area contributed by atoms with Gasteiger partial charge in [0.1, 0.15) is 11.6 Å². The lowest BCUT2D eigenvalue weighted by Crippen LogP contribution is -2.05. The second kappa shape index (κ2) is 7.15. The monoisotopic (exact) mass is 397 g/mol. The van der Waals surface area contributed by atoms with Crippen LogP contribution in [0.3, 0.4) is 0 Å². The molecule has 0 aliphatic rings. The van der Waals surface area contributed by atoms with Crippen molar-refractivity contribution in [2.45, 2.75) is 6.42 Å². The number of H-pyrrole nitrogens is 1. The molecule has 0 saturated heterocycles. The summed E-state index contributed by atoms with van der Waals surface area (Å²) in [6, 6.07) is 7.87. The molecule has 0 amide bonds. The Morgan fingerprint density at radius 3 is 2.55 bits per heavy atom. The highest BCUT2D eigenvalue weighted by atomic mass is 19.1. The largest absolute Gasteiger partial charge is 0.494 e. The molecule has 0 radical (unpaired) electrons. The van der Waals surface area contributed by atoms with Gasteiger partial charge in [0, 0.05) is 6.20 Å². The zero-order valence-electron chi connectivity index (χ0n) is 14.6. The molecule has 8 nitrogen and oxygen atoms in total. The summed E-state index contributed by atoms with van der Waals surface area (Å²) < 4.78 is 28.4. The minimum atomic E-state index is -1.04. The summed E-state index contributed by atoms with van der Waals surface area (Å²) in [5, 5.41) is 29.8. The van der Waals surface area contributed by atoms with Crippen molar-refractivity contribution in [3.8, 4) is 17.1 Å². The fourth-order valence-electron chi connectivity index (χ4n) is 2.91. The van der Waals surface area contributed by atoms with Gasteiger partial charge in [0.05, 0.1) is 40.0 Å². The number of benzene rings is 1. The first-order valence-electron chi connectivity index (χ1n) is 8.39. The van der Waals surface area contributed by atoms with Crippen LogP contribution in [0.25, 0.3) is 22.2 Å². The van der Waals surface area contributed by atoms with Gasteiger partial charge in [0.2, 0.25) is 0 Å². The zero-order valence-corrected chi connectivity index (χ0v) is 14.6. The van der Waals surface area contributed by atoms with E-state index < -0.39 is 17.6 Å². The number of aromatic amines is 1. The average Bonchev–Trinajstić information content (AvgIpc) is 3.04. The number of nitrogens with zero attached hydrogens (tertiary/aromatic N) is 3. The van der Waals surface area contributed by atoms with Crippen LogP contribution >= 0.6 is 0 Å². The van der Waals surface area contributed by atoms with Crippen molar-refractivity contribution in [2.75, 3.05) is 5.32 Å². The van der Waals surface area contributed by atoms with Gasteiger partial charge in [0.25, 0.3) is 0 Å². The molecule has 3 heterocycles. The SMILES string of the molecule is O=C(O)Cc1ccc(Nc2cc(-c3c(F)cccc3F)nc3c[nH]c(O)c23)nn1. The molecule has 0 spiro atoms. The van der Waals surface area contributed by atoms with Gasteiger partial charge in [-0.05, 0) is 30.3 Å². The minimum Gasteiger partial charge on any atom is -0.494 e. The van der Waals surface area contributed by atoms with Crippen LogP contribution in [0.2, 0.25) is 0 Å². The normalized spacial score (nSPS) is 11.0. The fraction of sp³-hybridized carbons (Fsp3) is 0.0526. The average molecular weight is 397 g/mol. The second-order valence-electron chi connectivity index (χ2n) is 6.15. The molecule has 0 aliphatic heterocycles. The maximum Gasteiger partial charge on any atom is 0.309 e. The quantitative estimate of drug-likeness (QED) is 0.407. The lowest BCUT2D eigenvalue weighted by atomic mass is 10.1. The van der Waals surface area contributed by atoms with Crippen molar-refractivity contribution in [1.29, 1.82) is 0 Å². The maximum atomic E-state index is 14.2. The summed E-state index contributed by atoms with van der Waals surface area (Å²) in [4.78, 5) is 17.6. The van der Waals surface area contributed by atoms with Gasteiger partial charge >= 0.3 is 5.97 Å². The topological polar surface area (TPSA) is 124 Å². The maximum absolute atomic E-state index is 14.2. The predicted octanol–water partition coefficient (Wildman–Crippen LogP) is 3.37. The van der Waals surface area contributed by atoms with Crippen LogP contribution in [0, 0.1) is 11.6 Å². The fourth-order valence-corrected chi connectivity index (χ4v) is 2.91. The number of aliphatic carboxylic acids is 1. The number of rotatable bonds is 5. The number of fused-ring (bicyclic) bond motifs is 1. The number of carboxylic acids is 1. The van der Waals surface area contributed by atoms with Crippen molar-refractivity contribution in [1.82, 2.24) is 20.2 Å². The molecule has 146 valence electrons. The Balaban J connectivity index is 1.79. The molecule has 0 fully saturated rings. The van der Waals surface area contributed by atoms with Crippen LogP contribution in [-0.2, 0) is 11.2 Å². The minimum absolute atomic E-state index is 0.0186. The third-order valence-corrected chi connectivity index (χ3v) is 4.16. The van der Waals surface area contributed by atoms with Crippen molar-refractivity contribution < 1.29 is 23.8 Å². The molecule has 4 N–H and O–H groups in total. The van der Waals surface area contributed by atoms with E-state index in [-0.39, 0.29) is 46.3 Å². The van der Waals surface area contributed by atoms with Gasteiger partial charge in [-0.25, -0.2) is 13.8 Å². The van der Waals surface area contributed by atoms with E-state index in [1.165, 1.54) is 30.5 Å². The highest BCUT2D eigenvalue weighted by Gasteiger charge is 2.18. The lowest BCUT2D eigenvalue weighted by Gasteiger charge is -2.11. The number of halogens is 2. The Labute approximate surface area is 161 Å². The zero-order chi connectivity index (χ0) is 20.5. The van der Waals surface area contributed by atoms with Crippen molar-refractivity contribution in [2.24, 2.45) is 0 Å². The highest BCUT2D eigenvalue weighted by Crippen LogP contribution is 2.36. The number of aromatic nitrogens is 4. The van der Waals surface area contributed by atoms with E-state index >= 15 is 0 Å². The number of nitrogens with one attached hydrogen (secondary N) is 2. The first-order valence-corrected chi connectivity index (χ1v) is 8.39. The molecular weight excluding hydrogens is 384 g/mol. The molecule has 4 aromatic rings. The molecular formula is C19H13F2N5O3. The standard InChI is InChI=1S/C19H13F2N5O3/c20-10-2-1-3-11(21)17(10)12-7-13(18-14(23-12)8-22-19(18)29)24-15-5-4-9(25-26-15)6-16(27)28/h1-5,7-8,22,29H,6H2,(H,24,26)(H,27,28).